The van der Waals surface area contributed by atoms with Gasteiger partial charge in [0.1, 0.15) is 11.9 Å². The lowest BCUT2D eigenvalue weighted by Crippen LogP contribution is -2.13. The largest absolute Gasteiger partial charge is 0.486 e. The van der Waals surface area contributed by atoms with E-state index in [2.05, 4.69) is 5.32 Å². The maximum atomic E-state index is 12.6. The van der Waals surface area contributed by atoms with E-state index in [4.69, 9.17) is 4.74 Å². The molecule has 0 heterocycles. The van der Waals surface area contributed by atoms with Gasteiger partial charge < -0.3 is 15.0 Å². The van der Waals surface area contributed by atoms with Gasteiger partial charge in [-0.15, -0.1) is 0 Å². The molecule has 0 aliphatic rings. The van der Waals surface area contributed by atoms with Crippen LogP contribution in [0.2, 0.25) is 0 Å². The monoisotopic (exact) mass is 402 g/mol. The van der Waals surface area contributed by atoms with Crippen LogP contribution in [0.3, 0.4) is 0 Å². The van der Waals surface area contributed by atoms with Crippen LogP contribution in [-0.2, 0) is 0 Å². The summed E-state index contributed by atoms with van der Waals surface area (Å²) in [6.45, 7) is 3.48. The second-order valence-electron chi connectivity index (χ2n) is 7.36. The van der Waals surface area contributed by atoms with Crippen LogP contribution in [0.1, 0.15) is 46.2 Å². The van der Waals surface area contributed by atoms with E-state index in [0.29, 0.717) is 16.9 Å². The van der Waals surface area contributed by atoms with Gasteiger partial charge in [0.2, 0.25) is 0 Å². The smallest absolute Gasteiger partial charge is 0.255 e. The van der Waals surface area contributed by atoms with Crippen LogP contribution in [0, 0.1) is 0 Å². The summed E-state index contributed by atoms with van der Waals surface area (Å²) < 4.78 is 6.01. The Labute approximate surface area is 177 Å². The number of ether oxygens (including phenoxy) is 1. The zero-order valence-electron chi connectivity index (χ0n) is 17.7. The van der Waals surface area contributed by atoms with Crippen molar-refractivity contribution >= 4 is 23.1 Å². The van der Waals surface area contributed by atoms with Crippen molar-refractivity contribution in [2.24, 2.45) is 0 Å². The van der Waals surface area contributed by atoms with Crippen molar-refractivity contribution in [2.75, 3.05) is 24.3 Å². The molecule has 3 aromatic rings. The first kappa shape index (κ1) is 21.1. The molecule has 0 saturated carbocycles. The summed E-state index contributed by atoms with van der Waals surface area (Å²) in [5, 5.41) is 2.91. The number of amides is 1. The summed E-state index contributed by atoms with van der Waals surface area (Å²) in [5.74, 6) is 0.440. The van der Waals surface area contributed by atoms with Gasteiger partial charge in [0, 0.05) is 36.6 Å². The number of carbonyl (C=O) groups excluding carboxylic acids is 2. The summed E-state index contributed by atoms with van der Waals surface area (Å²) >= 11 is 0. The Hall–Kier alpha value is -3.60. The highest BCUT2D eigenvalue weighted by molar-refractivity contribution is 6.04. The molecule has 5 heteroatoms. The minimum atomic E-state index is -0.220. The first-order chi connectivity index (χ1) is 14.3. The van der Waals surface area contributed by atoms with Crippen molar-refractivity contribution in [1.82, 2.24) is 0 Å². The summed E-state index contributed by atoms with van der Waals surface area (Å²) in [5.41, 5.74) is 3.94. The molecule has 3 aromatic carbocycles. The predicted molar refractivity (Wildman–Crippen MR) is 121 cm³/mol. The molecule has 154 valence electrons. The van der Waals surface area contributed by atoms with Crippen LogP contribution in [0.15, 0.2) is 72.8 Å². The molecule has 0 aliphatic carbocycles. The fraction of sp³-hybridized carbons (Fsp3) is 0.200. The molecule has 0 saturated heterocycles. The second-order valence-corrected chi connectivity index (χ2v) is 7.36. The van der Waals surface area contributed by atoms with E-state index in [1.54, 1.807) is 37.3 Å². The van der Waals surface area contributed by atoms with Gasteiger partial charge in [-0.05, 0) is 61.9 Å². The van der Waals surface area contributed by atoms with E-state index >= 15 is 0 Å². The summed E-state index contributed by atoms with van der Waals surface area (Å²) in [6.07, 6.45) is -0.220. The molecule has 0 aliphatic heterocycles. The number of ketones is 1. The molecule has 1 unspecified atom stereocenters. The van der Waals surface area contributed by atoms with Gasteiger partial charge in [-0.1, -0.05) is 30.3 Å². The van der Waals surface area contributed by atoms with Gasteiger partial charge in [0.15, 0.2) is 5.78 Å². The lowest BCUT2D eigenvalue weighted by Gasteiger charge is -2.16. The molecule has 0 bridgehead atoms. The Kier molecular flexibility index (Phi) is 6.52. The zero-order valence-corrected chi connectivity index (χ0v) is 17.7. The Morgan fingerprint density at radius 1 is 0.900 bits per heavy atom. The zero-order chi connectivity index (χ0) is 21.7. The third-order valence-corrected chi connectivity index (χ3v) is 4.84. The van der Waals surface area contributed by atoms with Crippen LogP contribution in [0.25, 0.3) is 0 Å². The fourth-order valence-electron chi connectivity index (χ4n) is 3.02. The van der Waals surface area contributed by atoms with Crippen molar-refractivity contribution in [1.29, 1.82) is 0 Å². The molecule has 1 N–H and O–H groups in total. The number of Topliss-reactive ketones (excluding diaryl/α,β-unsaturated/α-hetero) is 1. The fourth-order valence-corrected chi connectivity index (χ4v) is 3.02. The Balaban J connectivity index is 1.67. The van der Waals surface area contributed by atoms with Gasteiger partial charge in [-0.2, -0.15) is 0 Å². The molecule has 0 radical (unpaired) electrons. The highest BCUT2D eigenvalue weighted by atomic mass is 16.5. The summed E-state index contributed by atoms with van der Waals surface area (Å²) in [4.78, 5) is 26.1. The highest BCUT2D eigenvalue weighted by Gasteiger charge is 2.11. The Bertz CT molecular complexity index is 1030. The molecule has 1 atom stereocenters. The van der Waals surface area contributed by atoms with E-state index in [1.165, 1.54) is 0 Å². The van der Waals surface area contributed by atoms with Crippen molar-refractivity contribution < 1.29 is 14.3 Å². The summed E-state index contributed by atoms with van der Waals surface area (Å²) in [6, 6.07) is 22.1. The van der Waals surface area contributed by atoms with Gasteiger partial charge >= 0.3 is 0 Å². The lowest BCUT2D eigenvalue weighted by molar-refractivity contribution is 0.101. The number of hydrogen-bond donors (Lipinski definition) is 1. The Morgan fingerprint density at radius 3 is 2.17 bits per heavy atom. The van der Waals surface area contributed by atoms with Gasteiger partial charge in [0.05, 0.1) is 0 Å². The predicted octanol–water partition coefficient (Wildman–Crippen LogP) is 5.35. The SMILES string of the molecule is CC(=O)c1ccc(C(C)Oc2cccc(C(=O)Nc3ccc(N(C)C)cc3)c2)cc1. The van der Waals surface area contributed by atoms with E-state index in [-0.39, 0.29) is 17.8 Å². The second kappa shape index (κ2) is 9.27. The maximum absolute atomic E-state index is 12.6. The minimum absolute atomic E-state index is 0.0326. The number of benzene rings is 3. The first-order valence-electron chi connectivity index (χ1n) is 9.80. The standard InChI is InChI=1S/C25H26N2O3/c1-17(28)19-8-10-20(11-9-19)18(2)30-24-7-5-6-21(16-24)25(29)26-22-12-14-23(15-13-22)27(3)4/h5-16,18H,1-4H3,(H,26,29). The molecule has 1 amide bonds. The molecule has 0 spiro atoms. The quantitative estimate of drug-likeness (QED) is 0.542. The van der Waals surface area contributed by atoms with Gasteiger partial charge in [0.25, 0.3) is 5.91 Å². The van der Waals surface area contributed by atoms with Crippen molar-refractivity contribution in [3.63, 3.8) is 0 Å². The number of rotatable bonds is 7. The van der Waals surface area contributed by atoms with Crippen LogP contribution in [0.4, 0.5) is 11.4 Å². The Morgan fingerprint density at radius 2 is 1.57 bits per heavy atom. The number of carbonyl (C=O) groups is 2. The van der Waals surface area contributed by atoms with Crippen LogP contribution in [-0.4, -0.2) is 25.8 Å². The van der Waals surface area contributed by atoms with E-state index < -0.39 is 0 Å². The molecule has 5 nitrogen and oxygen atoms in total. The average molecular weight is 402 g/mol. The normalized spacial score (nSPS) is 11.5. The number of nitrogens with one attached hydrogen (secondary N) is 1. The molecular weight excluding hydrogens is 376 g/mol. The molecular formula is C25H26N2O3. The topological polar surface area (TPSA) is 58.6 Å². The minimum Gasteiger partial charge on any atom is -0.486 e. The third-order valence-electron chi connectivity index (χ3n) is 4.84. The van der Waals surface area contributed by atoms with Gasteiger partial charge in [-0.25, -0.2) is 0 Å². The number of anilines is 2. The molecule has 3 rings (SSSR count). The van der Waals surface area contributed by atoms with Crippen molar-refractivity contribution in [2.45, 2.75) is 20.0 Å². The van der Waals surface area contributed by atoms with Crippen molar-refractivity contribution in [3.05, 3.63) is 89.5 Å². The highest BCUT2D eigenvalue weighted by Crippen LogP contribution is 2.24. The third kappa shape index (κ3) is 5.26. The van der Waals surface area contributed by atoms with Crippen LogP contribution in [0.5, 0.6) is 5.75 Å². The van der Waals surface area contributed by atoms with Crippen LogP contribution < -0.4 is 15.0 Å². The van der Waals surface area contributed by atoms with Gasteiger partial charge in [-0.3, -0.25) is 9.59 Å². The number of hydrogen-bond acceptors (Lipinski definition) is 4. The lowest BCUT2D eigenvalue weighted by atomic mass is 10.1. The van der Waals surface area contributed by atoms with Crippen LogP contribution >= 0.6 is 0 Å². The molecule has 30 heavy (non-hydrogen) atoms. The molecule has 0 fully saturated rings. The van der Waals surface area contributed by atoms with E-state index in [9.17, 15) is 9.59 Å². The van der Waals surface area contributed by atoms with E-state index in [0.717, 1.165) is 16.9 Å². The van der Waals surface area contributed by atoms with Crippen molar-refractivity contribution in [3.8, 4) is 5.75 Å². The average Bonchev–Trinajstić information content (AvgIpc) is 2.74. The maximum Gasteiger partial charge on any atom is 0.255 e. The number of nitrogens with zero attached hydrogens (tertiary/aromatic N) is 1. The first-order valence-corrected chi connectivity index (χ1v) is 9.80. The summed E-state index contributed by atoms with van der Waals surface area (Å²) in [7, 11) is 3.94. The molecule has 0 aromatic heterocycles. The van der Waals surface area contributed by atoms with E-state index in [1.807, 2.05) is 68.4 Å².